The lowest BCUT2D eigenvalue weighted by molar-refractivity contribution is -0.427. The number of rotatable bonds is 17. The molecular weight excluding hydrogens is 695 g/mol. The predicted octanol–water partition coefficient (Wildman–Crippen LogP) is 6.75. The molecule has 4 aromatic rings. The molecule has 0 spiro atoms. The maximum Gasteiger partial charge on any atom is 0.330 e. The van der Waals surface area contributed by atoms with Crippen LogP contribution in [0, 0.1) is 18.3 Å². The van der Waals surface area contributed by atoms with E-state index in [1.165, 1.54) is 25.0 Å². The van der Waals surface area contributed by atoms with Gasteiger partial charge in [0.1, 0.15) is 17.9 Å². The average molecular weight is 745 g/mol. The lowest BCUT2D eigenvalue weighted by atomic mass is 9.80. The summed E-state index contributed by atoms with van der Waals surface area (Å²) < 4.78 is 43.6. The van der Waals surface area contributed by atoms with Crippen molar-refractivity contribution < 1.29 is 28.0 Å². The second-order valence-corrected chi connectivity index (χ2v) is 14.7. The van der Waals surface area contributed by atoms with Crippen molar-refractivity contribution in [2.75, 3.05) is 20.8 Å². The Hall–Kier alpha value is -4.02. The fourth-order valence-corrected chi connectivity index (χ4v) is 8.53. The van der Waals surface area contributed by atoms with Crippen LogP contribution in [0.3, 0.4) is 0 Å². The molecule has 0 radical (unpaired) electrons. The number of nitrogens with one attached hydrogen (secondary N) is 1. The molecule has 1 aliphatic rings. The van der Waals surface area contributed by atoms with Gasteiger partial charge in [0.25, 0.3) is 14.1 Å². The molecule has 282 valence electrons. The first kappa shape index (κ1) is 40.2. The molecule has 1 unspecified atom stereocenters. The van der Waals surface area contributed by atoms with E-state index in [0.29, 0.717) is 5.56 Å². The van der Waals surface area contributed by atoms with Crippen molar-refractivity contribution in [3.63, 3.8) is 0 Å². The number of aryl methyl sites for hydroxylation is 1. The molecule has 1 N–H and O–H groups in total. The molecule has 0 amide bonds. The summed E-state index contributed by atoms with van der Waals surface area (Å²) in [6.45, 7) is 9.95. The van der Waals surface area contributed by atoms with Gasteiger partial charge in [-0.2, -0.15) is 5.26 Å². The van der Waals surface area contributed by atoms with Gasteiger partial charge in [0, 0.05) is 44.5 Å². The minimum Gasteiger partial charge on any atom is -0.343 e. The van der Waals surface area contributed by atoms with E-state index < -0.39 is 49.8 Å². The maximum absolute atomic E-state index is 13.3. The lowest BCUT2D eigenvalue weighted by Crippen LogP contribution is -2.57. The van der Waals surface area contributed by atoms with Crippen molar-refractivity contribution >= 4 is 8.53 Å². The third-order valence-electron chi connectivity index (χ3n) is 9.17. The van der Waals surface area contributed by atoms with E-state index in [1.807, 2.05) is 119 Å². The summed E-state index contributed by atoms with van der Waals surface area (Å²) in [7, 11) is 1.15. The van der Waals surface area contributed by atoms with E-state index in [1.54, 1.807) is 6.92 Å². The third-order valence-corrected chi connectivity index (χ3v) is 11.3. The Morgan fingerprint density at radius 3 is 1.87 bits per heavy atom. The van der Waals surface area contributed by atoms with Crippen molar-refractivity contribution in [3.05, 3.63) is 140 Å². The van der Waals surface area contributed by atoms with E-state index in [4.69, 9.17) is 28.0 Å². The summed E-state index contributed by atoms with van der Waals surface area (Å²) in [4.78, 5) is 28.1. The zero-order chi connectivity index (χ0) is 38.2. The second-order valence-electron chi connectivity index (χ2n) is 13.3. The molecule has 0 bridgehead atoms. The Morgan fingerprint density at radius 1 is 0.906 bits per heavy atom. The number of nitriles is 1. The Labute approximate surface area is 312 Å². The van der Waals surface area contributed by atoms with Gasteiger partial charge >= 0.3 is 11.7 Å². The topological polar surface area (TPSA) is 137 Å². The molecule has 1 saturated heterocycles. The molecule has 53 heavy (non-hydrogen) atoms. The van der Waals surface area contributed by atoms with E-state index in [0.717, 1.165) is 16.7 Å². The van der Waals surface area contributed by atoms with Crippen LogP contribution in [0.15, 0.2) is 107 Å². The van der Waals surface area contributed by atoms with Crippen molar-refractivity contribution in [2.24, 2.45) is 0 Å². The average Bonchev–Trinajstić information content (AvgIpc) is 3.58. The van der Waals surface area contributed by atoms with E-state index >= 15 is 0 Å². The number of H-pyrrole nitrogens is 1. The first-order valence-corrected chi connectivity index (χ1v) is 18.8. The first-order chi connectivity index (χ1) is 25.5. The molecule has 13 heteroatoms. The minimum absolute atomic E-state index is 0.0111. The minimum atomic E-state index is -1.98. The van der Waals surface area contributed by atoms with E-state index in [2.05, 4.69) is 15.7 Å². The highest BCUT2D eigenvalue weighted by Crippen LogP contribution is 2.53. The van der Waals surface area contributed by atoms with Gasteiger partial charge in [-0.1, -0.05) is 91.0 Å². The highest BCUT2D eigenvalue weighted by Gasteiger charge is 2.59. The summed E-state index contributed by atoms with van der Waals surface area (Å²) in [5.41, 5.74) is 0.270. The lowest BCUT2D eigenvalue weighted by Gasteiger charge is -2.46. The Bertz CT molecular complexity index is 1810. The summed E-state index contributed by atoms with van der Waals surface area (Å²) >= 11 is 0. The quantitative estimate of drug-likeness (QED) is 0.0535. The molecule has 0 saturated carbocycles. The number of benzene rings is 3. The van der Waals surface area contributed by atoms with Crippen molar-refractivity contribution in [2.45, 2.75) is 89.6 Å². The SMILES string of the molecule is COC(OC)(OC(c1ccccc1)(c1ccccc1)c1ccccc1)[C@H]1O[C@@H](n2cc(C)c(=O)[nH]c2=O)C[C@@H]1OP(OCCC#N)N(C(C)C)C(C)C. The number of aromatic nitrogens is 2. The number of nitrogens with zero attached hydrogens (tertiary/aromatic N) is 3. The number of ether oxygens (including phenoxy) is 4. The number of hydrogen-bond donors (Lipinski definition) is 1. The van der Waals surface area contributed by atoms with Crippen LogP contribution >= 0.6 is 8.53 Å². The standard InChI is InChI=1S/C40H49N4O8P/c1-28(2)44(29(3)4)53(49-25-17-24-41)51-34-26-35(43-27-30(5)37(45)42-38(43)46)50-36(34)40(47-6,48-7)52-39(31-18-11-8-12-19-31,32-20-13-9-14-21-32)33-22-15-10-16-23-33/h8-16,18-23,27-29,34-36H,17,25-26H2,1-7H3,(H,42,45,46)/t34-,35+,36-,53?/m0/s1. The Morgan fingerprint density at radius 2 is 1.42 bits per heavy atom. The van der Waals surface area contributed by atoms with Gasteiger partial charge in [-0.05, 0) is 51.3 Å². The summed E-state index contributed by atoms with van der Waals surface area (Å²) in [6, 6.07) is 31.5. The molecule has 2 heterocycles. The molecular formula is C40H49N4O8P. The van der Waals surface area contributed by atoms with Crippen LogP contribution in [-0.2, 0) is 33.6 Å². The Balaban J connectivity index is 1.71. The molecule has 12 nitrogen and oxygen atoms in total. The van der Waals surface area contributed by atoms with Gasteiger partial charge in [0.15, 0.2) is 6.10 Å². The predicted molar refractivity (Wildman–Crippen MR) is 202 cm³/mol. The van der Waals surface area contributed by atoms with Gasteiger partial charge in [0.2, 0.25) is 0 Å². The van der Waals surface area contributed by atoms with Gasteiger partial charge in [0.05, 0.1) is 19.1 Å². The largest absolute Gasteiger partial charge is 0.343 e. The Kier molecular flexibility index (Phi) is 13.5. The number of hydrogen-bond acceptors (Lipinski definition) is 10. The maximum atomic E-state index is 13.3. The first-order valence-electron chi connectivity index (χ1n) is 17.7. The molecule has 5 rings (SSSR count). The fraction of sp³-hybridized carbons (Fsp3) is 0.425. The molecule has 1 fully saturated rings. The van der Waals surface area contributed by atoms with Crippen LogP contribution in [0.25, 0.3) is 0 Å². The number of aromatic amines is 1. The summed E-state index contributed by atoms with van der Waals surface area (Å²) in [5.74, 6) is -1.98. The van der Waals surface area contributed by atoms with Crippen LogP contribution in [0.2, 0.25) is 0 Å². The zero-order valence-electron chi connectivity index (χ0n) is 31.3. The molecule has 4 atom stereocenters. The second kappa shape index (κ2) is 17.9. The molecule has 0 aliphatic carbocycles. The zero-order valence-corrected chi connectivity index (χ0v) is 32.2. The molecule has 1 aromatic heterocycles. The van der Waals surface area contributed by atoms with E-state index in [-0.39, 0.29) is 31.5 Å². The van der Waals surface area contributed by atoms with Crippen LogP contribution in [0.5, 0.6) is 0 Å². The number of methoxy groups -OCH3 is 2. The normalized spacial score (nSPS) is 18.5. The highest BCUT2D eigenvalue weighted by molar-refractivity contribution is 7.44. The van der Waals surface area contributed by atoms with Gasteiger partial charge < -0.3 is 28.0 Å². The molecule has 1 aliphatic heterocycles. The van der Waals surface area contributed by atoms with Crippen LogP contribution in [-0.4, -0.2) is 65.3 Å². The van der Waals surface area contributed by atoms with Crippen molar-refractivity contribution in [1.29, 1.82) is 5.26 Å². The van der Waals surface area contributed by atoms with Crippen LogP contribution in [0.4, 0.5) is 0 Å². The highest BCUT2D eigenvalue weighted by atomic mass is 31.2. The van der Waals surface area contributed by atoms with Crippen LogP contribution in [0.1, 0.15) is 69.0 Å². The van der Waals surface area contributed by atoms with Gasteiger partial charge in [-0.25, -0.2) is 9.46 Å². The van der Waals surface area contributed by atoms with Gasteiger partial charge in [-0.3, -0.25) is 14.3 Å². The smallest absolute Gasteiger partial charge is 0.330 e. The fourth-order valence-electron chi connectivity index (χ4n) is 6.80. The monoisotopic (exact) mass is 744 g/mol. The van der Waals surface area contributed by atoms with Crippen molar-refractivity contribution in [1.82, 2.24) is 14.2 Å². The summed E-state index contributed by atoms with van der Waals surface area (Å²) in [5, 5.41) is 9.35. The summed E-state index contributed by atoms with van der Waals surface area (Å²) in [6.07, 6.45) is -1.15. The van der Waals surface area contributed by atoms with Crippen LogP contribution < -0.4 is 11.2 Å². The van der Waals surface area contributed by atoms with E-state index in [9.17, 15) is 14.9 Å². The van der Waals surface area contributed by atoms with Gasteiger partial charge in [-0.15, -0.1) is 0 Å². The van der Waals surface area contributed by atoms with Crippen molar-refractivity contribution in [3.8, 4) is 6.07 Å². The third kappa shape index (κ3) is 8.54. The molecule has 3 aromatic carbocycles.